The SMILES string of the molecule is CN(CC1CCCC1)C1Cc2ccccc2C1N. The first-order valence-electron chi connectivity index (χ1n) is 7.29. The molecule has 0 aliphatic heterocycles. The summed E-state index contributed by atoms with van der Waals surface area (Å²) in [6, 6.07) is 9.38. The van der Waals surface area contributed by atoms with Crippen LogP contribution in [0.2, 0.25) is 0 Å². The summed E-state index contributed by atoms with van der Waals surface area (Å²) < 4.78 is 0. The van der Waals surface area contributed by atoms with Gasteiger partial charge < -0.3 is 10.6 Å². The average molecular weight is 244 g/mol. The number of benzene rings is 1. The molecule has 2 nitrogen and oxygen atoms in total. The Labute approximate surface area is 110 Å². The Morgan fingerprint density at radius 1 is 1.22 bits per heavy atom. The Bertz CT molecular complexity index is 409. The molecule has 98 valence electrons. The van der Waals surface area contributed by atoms with Gasteiger partial charge in [-0.05, 0) is 43.4 Å². The summed E-state index contributed by atoms with van der Waals surface area (Å²) in [5.74, 6) is 0.908. The number of hydrogen-bond acceptors (Lipinski definition) is 2. The molecule has 2 heteroatoms. The highest BCUT2D eigenvalue weighted by Crippen LogP contribution is 2.33. The molecule has 0 radical (unpaired) electrons. The van der Waals surface area contributed by atoms with Crippen molar-refractivity contribution in [3.63, 3.8) is 0 Å². The zero-order valence-corrected chi connectivity index (χ0v) is 11.3. The number of nitrogens with two attached hydrogens (primary N) is 1. The summed E-state index contributed by atoms with van der Waals surface area (Å²) in [6.45, 7) is 1.23. The van der Waals surface area contributed by atoms with Crippen LogP contribution in [0.4, 0.5) is 0 Å². The van der Waals surface area contributed by atoms with Crippen molar-refractivity contribution in [3.8, 4) is 0 Å². The Hall–Kier alpha value is -0.860. The van der Waals surface area contributed by atoms with Crippen LogP contribution in [0.3, 0.4) is 0 Å². The Balaban J connectivity index is 1.67. The van der Waals surface area contributed by atoms with E-state index in [4.69, 9.17) is 5.73 Å². The molecule has 2 atom stereocenters. The van der Waals surface area contributed by atoms with Crippen molar-refractivity contribution in [2.75, 3.05) is 13.6 Å². The lowest BCUT2D eigenvalue weighted by molar-refractivity contribution is 0.191. The van der Waals surface area contributed by atoms with E-state index in [1.165, 1.54) is 43.4 Å². The van der Waals surface area contributed by atoms with Crippen LogP contribution >= 0.6 is 0 Å². The average Bonchev–Trinajstić information content (AvgIpc) is 2.98. The predicted octanol–water partition coefficient (Wildman–Crippen LogP) is 2.73. The molecule has 2 unspecified atom stereocenters. The van der Waals surface area contributed by atoms with Gasteiger partial charge in [-0.1, -0.05) is 37.1 Å². The molecule has 1 aromatic rings. The van der Waals surface area contributed by atoms with Crippen molar-refractivity contribution in [2.45, 2.75) is 44.2 Å². The van der Waals surface area contributed by atoms with Crippen LogP contribution in [0.25, 0.3) is 0 Å². The van der Waals surface area contributed by atoms with Crippen molar-refractivity contribution in [2.24, 2.45) is 11.7 Å². The molecule has 3 rings (SSSR count). The highest BCUT2D eigenvalue weighted by atomic mass is 15.2. The Kier molecular flexibility index (Phi) is 3.40. The molecule has 0 saturated heterocycles. The maximum atomic E-state index is 6.42. The second kappa shape index (κ2) is 5.02. The van der Waals surface area contributed by atoms with E-state index in [1.807, 2.05) is 0 Å². The molecule has 0 heterocycles. The standard InChI is InChI=1S/C16H24N2/c1-18(11-12-6-2-3-7-12)15-10-13-8-4-5-9-14(13)16(15)17/h4-5,8-9,12,15-16H,2-3,6-7,10-11,17H2,1H3. The van der Waals surface area contributed by atoms with Crippen LogP contribution in [0, 0.1) is 5.92 Å². The first-order valence-corrected chi connectivity index (χ1v) is 7.29. The van der Waals surface area contributed by atoms with Gasteiger partial charge in [0.15, 0.2) is 0 Å². The second-order valence-corrected chi connectivity index (χ2v) is 6.09. The Morgan fingerprint density at radius 2 is 1.94 bits per heavy atom. The van der Waals surface area contributed by atoms with Gasteiger partial charge in [0, 0.05) is 18.6 Å². The molecule has 18 heavy (non-hydrogen) atoms. The predicted molar refractivity (Wildman–Crippen MR) is 75.5 cm³/mol. The van der Waals surface area contributed by atoms with Crippen LogP contribution < -0.4 is 5.73 Å². The summed E-state index contributed by atoms with van der Waals surface area (Å²) in [6.07, 6.45) is 6.81. The lowest BCUT2D eigenvalue weighted by Gasteiger charge is -2.30. The molecular formula is C16H24N2. The summed E-state index contributed by atoms with van der Waals surface area (Å²) in [5.41, 5.74) is 9.24. The quantitative estimate of drug-likeness (QED) is 0.886. The van der Waals surface area contributed by atoms with Gasteiger partial charge in [0.1, 0.15) is 0 Å². The largest absolute Gasteiger partial charge is 0.323 e. The third-order valence-corrected chi connectivity index (χ3v) is 4.84. The van der Waals surface area contributed by atoms with Gasteiger partial charge in [0.2, 0.25) is 0 Å². The van der Waals surface area contributed by atoms with Crippen molar-refractivity contribution in [1.29, 1.82) is 0 Å². The molecule has 2 aliphatic carbocycles. The van der Waals surface area contributed by atoms with Crippen molar-refractivity contribution in [3.05, 3.63) is 35.4 Å². The van der Waals surface area contributed by atoms with E-state index in [2.05, 4.69) is 36.2 Å². The van der Waals surface area contributed by atoms with E-state index in [-0.39, 0.29) is 6.04 Å². The highest BCUT2D eigenvalue weighted by Gasteiger charge is 2.33. The lowest BCUT2D eigenvalue weighted by atomic mass is 10.0. The fraction of sp³-hybridized carbons (Fsp3) is 0.625. The monoisotopic (exact) mass is 244 g/mol. The minimum atomic E-state index is 0.201. The molecule has 0 bridgehead atoms. The molecule has 0 amide bonds. The fourth-order valence-corrected chi connectivity index (χ4v) is 3.77. The van der Waals surface area contributed by atoms with Gasteiger partial charge in [-0.25, -0.2) is 0 Å². The van der Waals surface area contributed by atoms with Crippen LogP contribution in [-0.2, 0) is 6.42 Å². The summed E-state index contributed by atoms with van der Waals surface area (Å²) in [7, 11) is 2.26. The second-order valence-electron chi connectivity index (χ2n) is 6.09. The number of likely N-dealkylation sites (N-methyl/N-ethyl adjacent to an activating group) is 1. The number of fused-ring (bicyclic) bond motifs is 1. The summed E-state index contributed by atoms with van der Waals surface area (Å²) in [4.78, 5) is 2.51. The third-order valence-electron chi connectivity index (χ3n) is 4.84. The highest BCUT2D eigenvalue weighted by molar-refractivity contribution is 5.36. The van der Waals surface area contributed by atoms with Crippen LogP contribution in [0.1, 0.15) is 42.9 Å². The number of rotatable bonds is 3. The van der Waals surface area contributed by atoms with E-state index in [9.17, 15) is 0 Å². The summed E-state index contributed by atoms with van der Waals surface area (Å²) >= 11 is 0. The molecule has 2 N–H and O–H groups in total. The van der Waals surface area contributed by atoms with Gasteiger partial charge >= 0.3 is 0 Å². The smallest absolute Gasteiger partial charge is 0.0459 e. The molecule has 2 aliphatic rings. The minimum absolute atomic E-state index is 0.201. The van der Waals surface area contributed by atoms with E-state index in [1.54, 1.807) is 0 Å². The van der Waals surface area contributed by atoms with E-state index in [0.717, 1.165) is 12.3 Å². The first-order chi connectivity index (χ1) is 8.75. The molecule has 0 aromatic heterocycles. The van der Waals surface area contributed by atoms with Gasteiger partial charge in [-0.3, -0.25) is 0 Å². The fourth-order valence-electron chi connectivity index (χ4n) is 3.77. The first kappa shape index (κ1) is 12.2. The number of hydrogen-bond donors (Lipinski definition) is 1. The zero-order chi connectivity index (χ0) is 12.5. The third kappa shape index (κ3) is 2.19. The van der Waals surface area contributed by atoms with Gasteiger partial charge in [0.05, 0.1) is 0 Å². The maximum absolute atomic E-state index is 6.42. The molecule has 1 saturated carbocycles. The van der Waals surface area contributed by atoms with Crippen LogP contribution in [0.5, 0.6) is 0 Å². The van der Waals surface area contributed by atoms with Crippen LogP contribution in [0.15, 0.2) is 24.3 Å². The molecule has 1 fully saturated rings. The van der Waals surface area contributed by atoms with Gasteiger partial charge in [0.25, 0.3) is 0 Å². The number of nitrogens with zero attached hydrogens (tertiary/aromatic N) is 1. The van der Waals surface area contributed by atoms with E-state index >= 15 is 0 Å². The van der Waals surface area contributed by atoms with E-state index in [0.29, 0.717) is 6.04 Å². The maximum Gasteiger partial charge on any atom is 0.0459 e. The van der Waals surface area contributed by atoms with Crippen LogP contribution in [-0.4, -0.2) is 24.5 Å². The van der Waals surface area contributed by atoms with Crippen molar-refractivity contribution < 1.29 is 0 Å². The normalized spacial score (nSPS) is 27.9. The topological polar surface area (TPSA) is 29.3 Å². The van der Waals surface area contributed by atoms with Crippen molar-refractivity contribution in [1.82, 2.24) is 4.90 Å². The van der Waals surface area contributed by atoms with Gasteiger partial charge in [-0.2, -0.15) is 0 Å². The summed E-state index contributed by atoms with van der Waals surface area (Å²) in [5, 5.41) is 0. The minimum Gasteiger partial charge on any atom is -0.323 e. The lowest BCUT2D eigenvalue weighted by Crippen LogP contribution is -2.40. The molecule has 0 spiro atoms. The zero-order valence-electron chi connectivity index (χ0n) is 11.3. The Morgan fingerprint density at radius 3 is 2.67 bits per heavy atom. The molecule has 1 aromatic carbocycles. The molecular weight excluding hydrogens is 220 g/mol. The van der Waals surface area contributed by atoms with Gasteiger partial charge in [-0.15, -0.1) is 0 Å². The van der Waals surface area contributed by atoms with Crippen molar-refractivity contribution >= 4 is 0 Å². The van der Waals surface area contributed by atoms with E-state index < -0.39 is 0 Å².